The number of hydrogen-bond donors (Lipinski definition) is 2. The van der Waals surface area contributed by atoms with E-state index in [0.29, 0.717) is 18.5 Å². The van der Waals surface area contributed by atoms with E-state index >= 15 is 0 Å². The van der Waals surface area contributed by atoms with Crippen LogP contribution in [-0.2, 0) is 11.8 Å². The average Bonchev–Trinajstić information content (AvgIpc) is 2.48. The van der Waals surface area contributed by atoms with E-state index in [9.17, 15) is 4.79 Å². The van der Waals surface area contributed by atoms with Gasteiger partial charge in [0.15, 0.2) is 0 Å². The summed E-state index contributed by atoms with van der Waals surface area (Å²) in [6.45, 7) is 0.0421. The molecule has 0 atom stereocenters. The van der Waals surface area contributed by atoms with Crippen LogP contribution >= 0.6 is 0 Å². The third-order valence-electron chi connectivity index (χ3n) is 1.55. The third kappa shape index (κ3) is 3.25. The molecule has 0 fully saturated rings. The molecule has 0 bridgehead atoms. The first-order valence-corrected chi connectivity index (χ1v) is 4.11. The molecule has 13 heavy (non-hydrogen) atoms. The lowest BCUT2D eigenvalue weighted by Crippen LogP contribution is -2.11. The zero-order valence-electron chi connectivity index (χ0n) is 7.53. The predicted octanol–water partition coefficient (Wildman–Crippen LogP) is 0.131. The molecular formula is C8H13N3O2. The van der Waals surface area contributed by atoms with E-state index in [1.54, 1.807) is 24.1 Å². The van der Waals surface area contributed by atoms with Gasteiger partial charge in [-0.3, -0.25) is 9.48 Å². The zero-order valence-corrected chi connectivity index (χ0v) is 7.53. The predicted molar refractivity (Wildman–Crippen MR) is 48.2 cm³/mol. The van der Waals surface area contributed by atoms with Crippen molar-refractivity contribution in [3.63, 3.8) is 0 Å². The van der Waals surface area contributed by atoms with Crippen molar-refractivity contribution >= 4 is 11.6 Å². The van der Waals surface area contributed by atoms with Gasteiger partial charge in [0.2, 0.25) is 5.91 Å². The second-order valence-corrected chi connectivity index (χ2v) is 2.78. The molecule has 0 saturated heterocycles. The summed E-state index contributed by atoms with van der Waals surface area (Å²) in [6.07, 6.45) is 4.13. The number of anilines is 1. The van der Waals surface area contributed by atoms with Crippen molar-refractivity contribution in [1.82, 2.24) is 9.78 Å². The van der Waals surface area contributed by atoms with Gasteiger partial charge in [-0.25, -0.2) is 0 Å². The Balaban J connectivity index is 2.36. The summed E-state index contributed by atoms with van der Waals surface area (Å²) in [5.74, 6) is -0.0953. The van der Waals surface area contributed by atoms with Crippen molar-refractivity contribution in [2.45, 2.75) is 12.8 Å². The number of aryl methyl sites for hydroxylation is 1. The van der Waals surface area contributed by atoms with Gasteiger partial charge in [-0.2, -0.15) is 5.10 Å². The molecule has 0 spiro atoms. The van der Waals surface area contributed by atoms with E-state index < -0.39 is 0 Å². The van der Waals surface area contributed by atoms with Crippen molar-refractivity contribution in [2.75, 3.05) is 11.9 Å². The summed E-state index contributed by atoms with van der Waals surface area (Å²) in [6, 6.07) is 0. The van der Waals surface area contributed by atoms with E-state index in [2.05, 4.69) is 10.4 Å². The number of carbonyl (C=O) groups excluding carboxylic acids is 1. The Bertz CT molecular complexity index is 283. The monoisotopic (exact) mass is 183 g/mol. The highest BCUT2D eigenvalue weighted by atomic mass is 16.3. The van der Waals surface area contributed by atoms with Crippen LogP contribution in [0.25, 0.3) is 0 Å². The minimum absolute atomic E-state index is 0.0421. The second kappa shape index (κ2) is 4.61. The van der Waals surface area contributed by atoms with Crippen LogP contribution in [0.5, 0.6) is 0 Å². The van der Waals surface area contributed by atoms with Crippen molar-refractivity contribution in [1.29, 1.82) is 0 Å². The van der Waals surface area contributed by atoms with Gasteiger partial charge in [0, 0.05) is 26.3 Å². The summed E-state index contributed by atoms with van der Waals surface area (Å²) in [7, 11) is 1.78. The molecule has 1 amide bonds. The molecule has 1 rings (SSSR count). The molecule has 0 unspecified atom stereocenters. The number of nitrogens with one attached hydrogen (secondary N) is 1. The Morgan fingerprint density at radius 2 is 2.54 bits per heavy atom. The molecule has 0 aliphatic carbocycles. The van der Waals surface area contributed by atoms with Crippen molar-refractivity contribution in [3.05, 3.63) is 12.4 Å². The van der Waals surface area contributed by atoms with Crippen molar-refractivity contribution < 1.29 is 9.90 Å². The van der Waals surface area contributed by atoms with Crippen LogP contribution in [0, 0.1) is 0 Å². The fourth-order valence-electron chi connectivity index (χ4n) is 0.949. The average molecular weight is 183 g/mol. The lowest BCUT2D eigenvalue weighted by molar-refractivity contribution is -0.116. The standard InChI is InChI=1S/C8H13N3O2/c1-11-6-7(5-9-11)10-8(13)3-2-4-12/h5-6,12H,2-4H2,1H3,(H,10,13). The summed E-state index contributed by atoms with van der Waals surface area (Å²) in [5.41, 5.74) is 0.686. The molecule has 0 aliphatic rings. The van der Waals surface area contributed by atoms with Gasteiger partial charge >= 0.3 is 0 Å². The molecule has 1 heterocycles. The van der Waals surface area contributed by atoms with Crippen LogP contribution in [0.1, 0.15) is 12.8 Å². The van der Waals surface area contributed by atoms with Crippen molar-refractivity contribution in [2.24, 2.45) is 7.05 Å². The summed E-state index contributed by atoms with van der Waals surface area (Å²) in [5, 5.41) is 15.1. The summed E-state index contributed by atoms with van der Waals surface area (Å²) < 4.78 is 1.61. The smallest absolute Gasteiger partial charge is 0.224 e. The molecule has 0 aliphatic heterocycles. The largest absolute Gasteiger partial charge is 0.396 e. The highest BCUT2D eigenvalue weighted by Crippen LogP contribution is 2.04. The molecule has 0 saturated carbocycles. The van der Waals surface area contributed by atoms with Crippen molar-refractivity contribution in [3.8, 4) is 0 Å². The molecule has 72 valence electrons. The zero-order chi connectivity index (χ0) is 9.68. The van der Waals surface area contributed by atoms with Crippen LogP contribution in [-0.4, -0.2) is 27.4 Å². The van der Waals surface area contributed by atoms with Gasteiger partial charge in [-0.15, -0.1) is 0 Å². The molecule has 5 heteroatoms. The molecule has 5 nitrogen and oxygen atoms in total. The summed E-state index contributed by atoms with van der Waals surface area (Å²) in [4.78, 5) is 11.1. The molecular weight excluding hydrogens is 170 g/mol. The number of aromatic nitrogens is 2. The first kappa shape index (κ1) is 9.73. The second-order valence-electron chi connectivity index (χ2n) is 2.78. The number of aliphatic hydroxyl groups excluding tert-OH is 1. The molecule has 1 aromatic heterocycles. The maximum atomic E-state index is 11.1. The first-order valence-electron chi connectivity index (χ1n) is 4.11. The minimum Gasteiger partial charge on any atom is -0.396 e. The van der Waals surface area contributed by atoms with E-state index in [1.165, 1.54) is 0 Å². The lowest BCUT2D eigenvalue weighted by atomic mass is 10.3. The SMILES string of the molecule is Cn1cc(NC(=O)CCCO)cn1. The third-order valence-corrected chi connectivity index (χ3v) is 1.55. The Kier molecular flexibility index (Phi) is 3.45. The first-order chi connectivity index (χ1) is 6.22. The van der Waals surface area contributed by atoms with Gasteiger partial charge < -0.3 is 10.4 Å². The number of nitrogens with zero attached hydrogens (tertiary/aromatic N) is 2. The number of rotatable bonds is 4. The normalized spacial score (nSPS) is 10.0. The van der Waals surface area contributed by atoms with Crippen LogP contribution in [0.3, 0.4) is 0 Å². The Morgan fingerprint density at radius 3 is 3.08 bits per heavy atom. The Morgan fingerprint density at radius 1 is 1.77 bits per heavy atom. The minimum atomic E-state index is -0.0953. The fourth-order valence-corrected chi connectivity index (χ4v) is 0.949. The number of hydrogen-bond acceptors (Lipinski definition) is 3. The highest BCUT2D eigenvalue weighted by molar-refractivity contribution is 5.90. The molecule has 1 aromatic rings. The number of aliphatic hydroxyl groups is 1. The topological polar surface area (TPSA) is 67.2 Å². The summed E-state index contributed by atoms with van der Waals surface area (Å²) >= 11 is 0. The quantitative estimate of drug-likeness (QED) is 0.697. The van der Waals surface area contributed by atoms with Gasteiger partial charge in [-0.05, 0) is 6.42 Å². The number of amides is 1. The molecule has 0 radical (unpaired) electrons. The molecule has 2 N–H and O–H groups in total. The highest BCUT2D eigenvalue weighted by Gasteiger charge is 2.02. The molecule has 0 aromatic carbocycles. The van der Waals surface area contributed by atoms with Crippen LogP contribution in [0.2, 0.25) is 0 Å². The van der Waals surface area contributed by atoms with Crippen LogP contribution in [0.4, 0.5) is 5.69 Å². The van der Waals surface area contributed by atoms with Crippen LogP contribution in [0.15, 0.2) is 12.4 Å². The van der Waals surface area contributed by atoms with E-state index in [1.807, 2.05) is 0 Å². The Hall–Kier alpha value is -1.36. The van der Waals surface area contributed by atoms with E-state index in [0.717, 1.165) is 0 Å². The van der Waals surface area contributed by atoms with E-state index in [-0.39, 0.29) is 12.5 Å². The fraction of sp³-hybridized carbons (Fsp3) is 0.500. The lowest BCUT2D eigenvalue weighted by Gasteiger charge is -1.99. The maximum absolute atomic E-state index is 11.1. The number of carbonyl (C=O) groups is 1. The van der Waals surface area contributed by atoms with Gasteiger partial charge in [0.05, 0.1) is 11.9 Å². The van der Waals surface area contributed by atoms with Gasteiger partial charge in [0.25, 0.3) is 0 Å². The maximum Gasteiger partial charge on any atom is 0.224 e. The van der Waals surface area contributed by atoms with Gasteiger partial charge in [-0.1, -0.05) is 0 Å². The van der Waals surface area contributed by atoms with E-state index in [4.69, 9.17) is 5.11 Å². The van der Waals surface area contributed by atoms with Gasteiger partial charge in [0.1, 0.15) is 0 Å². The van der Waals surface area contributed by atoms with Crippen LogP contribution < -0.4 is 5.32 Å². The Labute approximate surface area is 76.4 Å².